The molecular formula is C14H14F3N9O2. The Morgan fingerprint density at radius 2 is 2.00 bits per heavy atom. The maximum absolute atomic E-state index is 13.0. The van der Waals surface area contributed by atoms with Crippen molar-refractivity contribution in [1.82, 2.24) is 40.0 Å². The number of halogens is 3. The summed E-state index contributed by atoms with van der Waals surface area (Å²) in [5.74, 6) is -0.240. The molecule has 3 rings (SSSR count). The summed E-state index contributed by atoms with van der Waals surface area (Å²) in [5, 5.41) is 16.8. The number of nitrogens with zero attached hydrogens (tertiary/aromatic N) is 8. The van der Waals surface area contributed by atoms with Crippen molar-refractivity contribution < 1.29 is 22.7 Å². The molecule has 3 aromatic rings. The Labute approximate surface area is 155 Å². The van der Waals surface area contributed by atoms with Crippen LogP contribution < -0.4 is 5.32 Å². The van der Waals surface area contributed by atoms with Crippen LogP contribution in [0.2, 0.25) is 0 Å². The van der Waals surface area contributed by atoms with E-state index in [2.05, 4.69) is 35.9 Å². The maximum atomic E-state index is 13.0. The van der Waals surface area contributed by atoms with Gasteiger partial charge in [0.15, 0.2) is 5.82 Å². The van der Waals surface area contributed by atoms with Crippen molar-refractivity contribution in [2.75, 3.05) is 5.32 Å². The number of hydrogen-bond acceptors (Lipinski definition) is 8. The Hall–Kier alpha value is -3.42. The summed E-state index contributed by atoms with van der Waals surface area (Å²) in [4.78, 5) is 20.0. The van der Waals surface area contributed by atoms with Crippen LogP contribution in [-0.2, 0) is 38.2 Å². The number of carbonyl (C=O) groups is 1. The largest absolute Gasteiger partial charge is 0.433 e. The first-order valence-corrected chi connectivity index (χ1v) is 7.77. The van der Waals surface area contributed by atoms with Gasteiger partial charge < -0.3 is 4.74 Å². The van der Waals surface area contributed by atoms with E-state index in [4.69, 9.17) is 4.74 Å². The Bertz CT molecular complexity index is 983. The van der Waals surface area contributed by atoms with Crippen LogP contribution in [0.25, 0.3) is 0 Å². The predicted octanol–water partition coefficient (Wildman–Crippen LogP) is 0.721. The Morgan fingerprint density at radius 3 is 2.61 bits per heavy atom. The van der Waals surface area contributed by atoms with E-state index in [-0.39, 0.29) is 30.4 Å². The van der Waals surface area contributed by atoms with Crippen LogP contribution in [0.1, 0.15) is 27.6 Å². The molecular weight excluding hydrogens is 383 g/mol. The smallest absolute Gasteiger partial charge is 0.367 e. The lowest BCUT2D eigenvalue weighted by Crippen LogP contribution is -2.20. The predicted molar refractivity (Wildman–Crippen MR) is 85.5 cm³/mol. The summed E-state index contributed by atoms with van der Waals surface area (Å²) in [6.45, 7) is -0.376. The van der Waals surface area contributed by atoms with Crippen LogP contribution in [0, 0.1) is 0 Å². The van der Waals surface area contributed by atoms with Gasteiger partial charge in [-0.25, -0.2) is 14.6 Å². The van der Waals surface area contributed by atoms with E-state index in [9.17, 15) is 18.0 Å². The number of pyridine rings is 1. The lowest BCUT2D eigenvalue weighted by atomic mass is 10.1. The first kappa shape index (κ1) is 19.3. The molecule has 28 heavy (non-hydrogen) atoms. The molecule has 3 aromatic heterocycles. The number of anilines is 1. The Kier molecular flexibility index (Phi) is 5.30. The van der Waals surface area contributed by atoms with Crippen LogP contribution in [-0.4, -0.2) is 45.9 Å². The van der Waals surface area contributed by atoms with Crippen LogP contribution in [0.3, 0.4) is 0 Å². The fourth-order valence-corrected chi connectivity index (χ4v) is 2.17. The third-order valence-electron chi connectivity index (χ3n) is 3.63. The summed E-state index contributed by atoms with van der Waals surface area (Å²) in [6, 6.07) is 1.74. The van der Waals surface area contributed by atoms with Gasteiger partial charge in [-0.2, -0.15) is 18.3 Å². The van der Waals surface area contributed by atoms with Crippen LogP contribution >= 0.6 is 0 Å². The monoisotopic (exact) mass is 397 g/mol. The Morgan fingerprint density at radius 1 is 1.21 bits per heavy atom. The normalized spacial score (nSPS) is 11.6. The standard InChI is InChI=1S/C14H14F3N9O2/c1-25-11(18-7-19-25)6-28-5-9-8(3-4-10(20-9)14(15,16)17)12(27)21-13-22-23-24-26(13)2/h3-4,7H,5-6H2,1-2H3,(H,21,22,24,27). The second-order valence-electron chi connectivity index (χ2n) is 5.56. The Balaban J connectivity index is 1.82. The lowest BCUT2D eigenvalue weighted by Gasteiger charge is -2.12. The number of carbonyl (C=O) groups excluding carboxylic acids is 1. The minimum Gasteiger partial charge on any atom is -0.367 e. The molecule has 11 nitrogen and oxygen atoms in total. The van der Waals surface area contributed by atoms with Crippen LogP contribution in [0.4, 0.5) is 19.1 Å². The molecule has 0 fully saturated rings. The molecule has 0 aliphatic carbocycles. The first-order chi connectivity index (χ1) is 13.3. The average Bonchev–Trinajstić information content (AvgIpc) is 3.22. The van der Waals surface area contributed by atoms with E-state index in [1.54, 1.807) is 7.05 Å². The summed E-state index contributed by atoms with van der Waals surface area (Å²) >= 11 is 0. The lowest BCUT2D eigenvalue weighted by molar-refractivity contribution is -0.141. The number of aryl methyl sites for hydroxylation is 2. The van der Waals surface area contributed by atoms with Crippen molar-refractivity contribution in [3.05, 3.63) is 41.2 Å². The van der Waals surface area contributed by atoms with Crippen molar-refractivity contribution in [3.63, 3.8) is 0 Å². The van der Waals surface area contributed by atoms with E-state index >= 15 is 0 Å². The van der Waals surface area contributed by atoms with E-state index in [0.29, 0.717) is 5.82 Å². The summed E-state index contributed by atoms with van der Waals surface area (Å²) in [7, 11) is 3.13. The van der Waals surface area contributed by atoms with Gasteiger partial charge in [-0.15, -0.1) is 0 Å². The molecule has 0 saturated carbocycles. The number of aromatic nitrogens is 8. The second-order valence-corrected chi connectivity index (χ2v) is 5.56. The molecule has 0 aromatic carbocycles. The van der Waals surface area contributed by atoms with Gasteiger partial charge in [-0.1, -0.05) is 5.10 Å². The van der Waals surface area contributed by atoms with Crippen LogP contribution in [0.5, 0.6) is 0 Å². The summed E-state index contributed by atoms with van der Waals surface area (Å²) in [5.41, 5.74) is -1.43. The fraction of sp³-hybridized carbons (Fsp3) is 0.357. The minimum absolute atomic E-state index is 0.0239. The number of tetrazole rings is 1. The summed E-state index contributed by atoms with van der Waals surface area (Å²) in [6.07, 6.45) is -3.35. The third kappa shape index (κ3) is 4.28. The number of rotatable bonds is 6. The van der Waals surface area contributed by atoms with Gasteiger partial charge >= 0.3 is 6.18 Å². The molecule has 0 aliphatic rings. The number of nitrogens with one attached hydrogen (secondary N) is 1. The molecule has 148 valence electrons. The molecule has 14 heteroatoms. The number of hydrogen-bond donors (Lipinski definition) is 1. The summed E-state index contributed by atoms with van der Waals surface area (Å²) < 4.78 is 47.0. The fourth-order valence-electron chi connectivity index (χ4n) is 2.17. The molecule has 3 heterocycles. The minimum atomic E-state index is -4.67. The molecule has 0 atom stereocenters. The number of amides is 1. The van der Waals surface area contributed by atoms with E-state index in [1.807, 2.05) is 0 Å². The SMILES string of the molecule is Cn1ncnc1COCc1nc(C(F)(F)F)ccc1C(=O)Nc1nnnn1C. The number of ether oxygens (including phenoxy) is 1. The highest BCUT2D eigenvalue weighted by atomic mass is 19.4. The van der Waals surface area contributed by atoms with E-state index in [1.165, 1.54) is 22.7 Å². The van der Waals surface area contributed by atoms with Crippen molar-refractivity contribution in [2.45, 2.75) is 19.4 Å². The average molecular weight is 397 g/mol. The van der Waals surface area contributed by atoms with Gasteiger partial charge in [0.2, 0.25) is 5.95 Å². The van der Waals surface area contributed by atoms with Gasteiger partial charge in [0, 0.05) is 14.1 Å². The van der Waals surface area contributed by atoms with Crippen molar-refractivity contribution >= 4 is 11.9 Å². The highest BCUT2D eigenvalue weighted by Gasteiger charge is 2.33. The zero-order valence-corrected chi connectivity index (χ0v) is 14.7. The highest BCUT2D eigenvalue weighted by Crippen LogP contribution is 2.28. The molecule has 0 saturated heterocycles. The zero-order valence-electron chi connectivity index (χ0n) is 14.7. The van der Waals surface area contributed by atoms with Gasteiger partial charge in [0.25, 0.3) is 5.91 Å². The van der Waals surface area contributed by atoms with Crippen molar-refractivity contribution in [3.8, 4) is 0 Å². The maximum Gasteiger partial charge on any atom is 0.433 e. The van der Waals surface area contributed by atoms with Gasteiger partial charge in [-0.05, 0) is 22.6 Å². The molecule has 1 amide bonds. The molecule has 0 radical (unpaired) electrons. The molecule has 0 spiro atoms. The van der Waals surface area contributed by atoms with Gasteiger partial charge in [0.1, 0.15) is 18.6 Å². The quantitative estimate of drug-likeness (QED) is 0.645. The van der Waals surface area contributed by atoms with Crippen molar-refractivity contribution in [1.29, 1.82) is 0 Å². The molecule has 0 aliphatic heterocycles. The molecule has 1 N–H and O–H groups in total. The number of alkyl halides is 3. The molecule has 0 unspecified atom stereocenters. The highest BCUT2D eigenvalue weighted by molar-refractivity contribution is 6.04. The van der Waals surface area contributed by atoms with Gasteiger partial charge in [-0.3, -0.25) is 14.8 Å². The molecule has 0 bridgehead atoms. The van der Waals surface area contributed by atoms with E-state index in [0.717, 1.165) is 12.1 Å². The van der Waals surface area contributed by atoms with Gasteiger partial charge in [0.05, 0.1) is 17.9 Å². The van der Waals surface area contributed by atoms with E-state index < -0.39 is 17.8 Å². The third-order valence-corrected chi connectivity index (χ3v) is 3.63. The van der Waals surface area contributed by atoms with Crippen LogP contribution in [0.15, 0.2) is 18.5 Å². The second kappa shape index (κ2) is 7.67. The van der Waals surface area contributed by atoms with Crippen molar-refractivity contribution in [2.24, 2.45) is 14.1 Å². The topological polar surface area (TPSA) is 126 Å². The zero-order chi connectivity index (χ0) is 20.3. The first-order valence-electron chi connectivity index (χ1n) is 7.77.